The van der Waals surface area contributed by atoms with Gasteiger partial charge in [-0.1, -0.05) is 29.8 Å². The van der Waals surface area contributed by atoms with E-state index in [0.717, 1.165) is 11.1 Å². The Bertz CT molecular complexity index is 921. The zero-order chi connectivity index (χ0) is 19.2. The fourth-order valence-electron chi connectivity index (χ4n) is 2.46. The van der Waals surface area contributed by atoms with Crippen LogP contribution in [0, 0.1) is 6.92 Å². The molecule has 1 aromatic carbocycles. The lowest BCUT2D eigenvalue weighted by atomic mass is 10.1. The Morgan fingerprint density at radius 2 is 1.93 bits per heavy atom. The molecule has 0 spiro atoms. The fourth-order valence-corrected chi connectivity index (χ4v) is 2.46. The van der Waals surface area contributed by atoms with Crippen LogP contribution in [0.1, 0.15) is 21.6 Å². The molecule has 138 valence electrons. The van der Waals surface area contributed by atoms with E-state index < -0.39 is 5.97 Å². The third-order valence-corrected chi connectivity index (χ3v) is 4.01. The molecule has 0 fully saturated rings. The third-order valence-electron chi connectivity index (χ3n) is 4.01. The maximum absolute atomic E-state index is 12.2. The first kappa shape index (κ1) is 18.3. The van der Waals surface area contributed by atoms with Crippen molar-refractivity contribution >= 4 is 11.9 Å². The van der Waals surface area contributed by atoms with Crippen LogP contribution in [0.25, 0.3) is 5.69 Å². The Balaban J connectivity index is 1.56. The van der Waals surface area contributed by atoms with E-state index in [2.05, 4.69) is 10.1 Å². The number of ether oxygens (including phenoxy) is 1. The molecule has 7 heteroatoms. The molecule has 3 rings (SSSR count). The number of aryl methyl sites for hydroxylation is 1. The number of likely N-dealkylation sites (N-methyl/N-ethyl adjacent to an activating group) is 1. The summed E-state index contributed by atoms with van der Waals surface area (Å²) in [6.45, 7) is 2.12. The summed E-state index contributed by atoms with van der Waals surface area (Å²) in [6, 6.07) is 13.0. The number of pyridine rings is 1. The normalized spacial score (nSPS) is 10.4. The van der Waals surface area contributed by atoms with Gasteiger partial charge in [-0.25, -0.2) is 14.5 Å². The molecule has 3 aromatic rings. The van der Waals surface area contributed by atoms with Crippen molar-refractivity contribution in [2.24, 2.45) is 0 Å². The van der Waals surface area contributed by atoms with Crippen LogP contribution in [0.5, 0.6) is 0 Å². The van der Waals surface area contributed by atoms with Crippen molar-refractivity contribution in [2.75, 3.05) is 13.7 Å². The van der Waals surface area contributed by atoms with E-state index in [-0.39, 0.29) is 18.2 Å². The molecule has 0 N–H and O–H groups in total. The van der Waals surface area contributed by atoms with Crippen LogP contribution in [-0.4, -0.2) is 45.2 Å². The Morgan fingerprint density at radius 1 is 1.15 bits per heavy atom. The fraction of sp³-hybridized carbons (Fsp3) is 0.200. The minimum absolute atomic E-state index is 0.122. The summed E-state index contributed by atoms with van der Waals surface area (Å²) in [5, 5.41) is 4.11. The van der Waals surface area contributed by atoms with E-state index in [1.54, 1.807) is 42.3 Å². The highest BCUT2D eigenvalue weighted by Crippen LogP contribution is 2.09. The highest BCUT2D eigenvalue weighted by Gasteiger charge is 2.15. The van der Waals surface area contributed by atoms with Crippen LogP contribution in [0.3, 0.4) is 0 Å². The lowest BCUT2D eigenvalue weighted by molar-refractivity contribution is -0.133. The quantitative estimate of drug-likeness (QED) is 0.628. The van der Waals surface area contributed by atoms with Gasteiger partial charge in [-0.05, 0) is 30.7 Å². The Labute approximate surface area is 157 Å². The summed E-state index contributed by atoms with van der Waals surface area (Å²) in [5.74, 6) is -0.937. The monoisotopic (exact) mass is 364 g/mol. The molecule has 0 aliphatic carbocycles. The number of carbonyl (C=O) groups excluding carboxylic acids is 2. The smallest absolute Gasteiger partial charge is 0.357 e. The van der Waals surface area contributed by atoms with E-state index >= 15 is 0 Å². The minimum Gasteiger partial charge on any atom is -0.451 e. The number of amides is 1. The first-order valence-electron chi connectivity index (χ1n) is 8.45. The first-order valence-corrected chi connectivity index (χ1v) is 8.45. The molecule has 0 aliphatic heterocycles. The molecular weight excluding hydrogens is 344 g/mol. The molecule has 7 nitrogen and oxygen atoms in total. The first-order chi connectivity index (χ1) is 13.0. The van der Waals surface area contributed by atoms with Crippen molar-refractivity contribution in [3.63, 3.8) is 0 Å². The van der Waals surface area contributed by atoms with E-state index in [9.17, 15) is 9.59 Å². The number of rotatable bonds is 6. The number of nitrogens with zero attached hydrogens (tertiary/aromatic N) is 4. The van der Waals surface area contributed by atoms with Crippen molar-refractivity contribution in [3.8, 4) is 5.69 Å². The van der Waals surface area contributed by atoms with Crippen LogP contribution >= 0.6 is 0 Å². The van der Waals surface area contributed by atoms with Gasteiger partial charge in [-0.15, -0.1) is 0 Å². The summed E-state index contributed by atoms with van der Waals surface area (Å²) in [4.78, 5) is 29.9. The van der Waals surface area contributed by atoms with Gasteiger partial charge in [0.25, 0.3) is 5.91 Å². The van der Waals surface area contributed by atoms with Gasteiger partial charge in [-0.2, -0.15) is 5.10 Å². The second-order valence-electron chi connectivity index (χ2n) is 6.16. The molecule has 0 saturated carbocycles. The van der Waals surface area contributed by atoms with Gasteiger partial charge >= 0.3 is 5.97 Å². The van der Waals surface area contributed by atoms with E-state index in [4.69, 9.17) is 4.74 Å². The number of hydrogen-bond donors (Lipinski definition) is 0. The van der Waals surface area contributed by atoms with Gasteiger partial charge in [0.2, 0.25) is 0 Å². The molecule has 2 aromatic heterocycles. The lowest BCUT2D eigenvalue weighted by Crippen LogP contribution is -2.31. The lowest BCUT2D eigenvalue weighted by Gasteiger charge is -2.17. The molecule has 1 amide bonds. The Morgan fingerprint density at radius 3 is 2.63 bits per heavy atom. The van der Waals surface area contributed by atoms with Crippen molar-refractivity contribution < 1.29 is 14.3 Å². The van der Waals surface area contributed by atoms with Gasteiger partial charge in [0.15, 0.2) is 12.3 Å². The summed E-state index contributed by atoms with van der Waals surface area (Å²) in [7, 11) is 1.67. The van der Waals surface area contributed by atoms with Crippen LogP contribution in [-0.2, 0) is 16.1 Å². The maximum Gasteiger partial charge on any atom is 0.357 e. The topological polar surface area (TPSA) is 77.3 Å². The summed E-state index contributed by atoms with van der Waals surface area (Å²) in [5.41, 5.74) is 2.98. The zero-order valence-corrected chi connectivity index (χ0v) is 15.2. The maximum atomic E-state index is 12.2. The van der Waals surface area contributed by atoms with Gasteiger partial charge in [0.1, 0.15) is 0 Å². The number of esters is 1. The molecule has 0 unspecified atom stereocenters. The van der Waals surface area contributed by atoms with Crippen molar-refractivity contribution in [3.05, 3.63) is 77.9 Å². The zero-order valence-electron chi connectivity index (χ0n) is 15.2. The number of aromatic nitrogens is 3. The SMILES string of the molecule is Cc1ccc(CN(C)C(=O)COC(=O)c2cc(-n3cccn3)ccn2)cc1. The highest BCUT2D eigenvalue weighted by molar-refractivity contribution is 5.90. The number of carbonyl (C=O) groups is 2. The van der Waals surface area contributed by atoms with Crippen LogP contribution < -0.4 is 0 Å². The Hall–Kier alpha value is -3.48. The largest absolute Gasteiger partial charge is 0.451 e. The van der Waals surface area contributed by atoms with Crippen molar-refractivity contribution in [1.29, 1.82) is 0 Å². The second-order valence-corrected chi connectivity index (χ2v) is 6.16. The van der Waals surface area contributed by atoms with E-state index in [0.29, 0.717) is 12.2 Å². The molecule has 0 radical (unpaired) electrons. The third kappa shape index (κ3) is 4.78. The van der Waals surface area contributed by atoms with Gasteiger partial charge in [0.05, 0.1) is 5.69 Å². The molecule has 0 atom stereocenters. The molecule has 2 heterocycles. The highest BCUT2D eigenvalue weighted by atomic mass is 16.5. The number of benzene rings is 1. The van der Waals surface area contributed by atoms with Gasteiger partial charge in [0, 0.05) is 32.2 Å². The number of hydrogen-bond acceptors (Lipinski definition) is 5. The van der Waals surface area contributed by atoms with Crippen LogP contribution in [0.15, 0.2) is 61.1 Å². The summed E-state index contributed by atoms with van der Waals surface area (Å²) < 4.78 is 6.73. The predicted octanol–water partition coefficient (Wildman–Crippen LogP) is 2.39. The van der Waals surface area contributed by atoms with Gasteiger partial charge < -0.3 is 9.64 Å². The van der Waals surface area contributed by atoms with E-state index in [1.807, 2.05) is 31.2 Å². The van der Waals surface area contributed by atoms with Crippen LogP contribution in [0.4, 0.5) is 0 Å². The molecule has 0 bridgehead atoms. The summed E-state index contributed by atoms with van der Waals surface area (Å²) in [6.07, 6.45) is 4.90. The summed E-state index contributed by atoms with van der Waals surface area (Å²) >= 11 is 0. The molecule has 27 heavy (non-hydrogen) atoms. The van der Waals surface area contributed by atoms with E-state index in [1.165, 1.54) is 11.1 Å². The van der Waals surface area contributed by atoms with Gasteiger partial charge in [-0.3, -0.25) is 4.79 Å². The van der Waals surface area contributed by atoms with Crippen molar-refractivity contribution in [2.45, 2.75) is 13.5 Å². The minimum atomic E-state index is -0.652. The second kappa shape index (κ2) is 8.27. The predicted molar refractivity (Wildman–Crippen MR) is 99.3 cm³/mol. The molecular formula is C20H20N4O3. The standard InChI is InChI=1S/C20H20N4O3/c1-15-4-6-16(7-5-15)13-23(2)19(25)14-27-20(26)18-12-17(8-10-21-18)24-11-3-9-22-24/h3-12H,13-14H2,1-2H3. The average molecular weight is 364 g/mol. The average Bonchev–Trinajstić information content (AvgIpc) is 3.22. The van der Waals surface area contributed by atoms with Crippen molar-refractivity contribution in [1.82, 2.24) is 19.7 Å². The Kier molecular flexibility index (Phi) is 5.61. The van der Waals surface area contributed by atoms with Crippen LogP contribution in [0.2, 0.25) is 0 Å². The molecule has 0 saturated heterocycles. The molecule has 0 aliphatic rings.